The zero-order chi connectivity index (χ0) is 21.3. The zero-order valence-corrected chi connectivity index (χ0v) is 18.0. The fraction of sp³-hybridized carbons (Fsp3) is 0.0769. The van der Waals surface area contributed by atoms with Gasteiger partial charge >= 0.3 is 0 Å². The van der Waals surface area contributed by atoms with Crippen molar-refractivity contribution in [2.75, 3.05) is 6.79 Å². The van der Waals surface area contributed by atoms with E-state index in [1.807, 2.05) is 36.4 Å². The molecule has 156 valence electrons. The largest absolute Gasteiger partial charge is 0.454 e. The first-order valence-corrected chi connectivity index (χ1v) is 11.4. The Morgan fingerprint density at radius 1 is 0.781 bits per heavy atom. The van der Waals surface area contributed by atoms with Crippen molar-refractivity contribution in [2.24, 2.45) is 0 Å². The predicted molar refractivity (Wildman–Crippen MR) is 126 cm³/mol. The van der Waals surface area contributed by atoms with Crippen LogP contribution in [0, 0.1) is 0 Å². The zero-order valence-electron chi connectivity index (χ0n) is 17.1. The van der Waals surface area contributed by atoms with Crippen LogP contribution >= 0.6 is 11.8 Å². The van der Waals surface area contributed by atoms with E-state index in [1.54, 1.807) is 11.8 Å². The fourth-order valence-electron chi connectivity index (χ4n) is 3.96. The smallest absolute Gasteiger partial charge is 0.231 e. The predicted octanol–water partition coefficient (Wildman–Crippen LogP) is 6.11. The lowest BCUT2D eigenvalue weighted by Gasteiger charge is -2.11. The SMILES string of the molecule is c1ccc(-n2c(SCc3cccc4ccccc34)nnc2-c2ccc3c(c2)OCO3)cc1. The number of rotatable bonds is 5. The summed E-state index contributed by atoms with van der Waals surface area (Å²) in [6, 6.07) is 31.0. The highest BCUT2D eigenvalue weighted by Crippen LogP contribution is 2.37. The Bertz CT molecular complexity index is 1410. The molecule has 0 radical (unpaired) electrons. The van der Waals surface area contributed by atoms with Gasteiger partial charge in [0.1, 0.15) is 0 Å². The van der Waals surface area contributed by atoms with Crippen molar-refractivity contribution in [2.45, 2.75) is 10.9 Å². The monoisotopic (exact) mass is 437 g/mol. The lowest BCUT2D eigenvalue weighted by molar-refractivity contribution is 0.174. The number of aromatic nitrogens is 3. The minimum atomic E-state index is 0.246. The molecule has 0 amide bonds. The van der Waals surface area contributed by atoms with Crippen LogP contribution in [-0.4, -0.2) is 21.6 Å². The Balaban J connectivity index is 1.40. The Morgan fingerprint density at radius 3 is 2.53 bits per heavy atom. The van der Waals surface area contributed by atoms with Crippen LogP contribution in [0.1, 0.15) is 5.56 Å². The van der Waals surface area contributed by atoms with Crippen molar-refractivity contribution >= 4 is 22.5 Å². The van der Waals surface area contributed by atoms with Gasteiger partial charge < -0.3 is 9.47 Å². The number of thioether (sulfide) groups is 1. The van der Waals surface area contributed by atoms with E-state index in [0.717, 1.165) is 39.5 Å². The van der Waals surface area contributed by atoms with Gasteiger partial charge in [0.25, 0.3) is 0 Å². The van der Waals surface area contributed by atoms with Crippen LogP contribution in [-0.2, 0) is 5.75 Å². The average Bonchev–Trinajstić information content (AvgIpc) is 3.49. The maximum Gasteiger partial charge on any atom is 0.231 e. The molecule has 0 aliphatic carbocycles. The normalized spacial score (nSPS) is 12.4. The van der Waals surface area contributed by atoms with Crippen LogP contribution in [0.4, 0.5) is 0 Å². The Labute approximate surface area is 189 Å². The summed E-state index contributed by atoms with van der Waals surface area (Å²) in [5.41, 5.74) is 3.23. The van der Waals surface area contributed by atoms with Gasteiger partial charge in [0.05, 0.1) is 0 Å². The van der Waals surface area contributed by atoms with E-state index in [0.29, 0.717) is 0 Å². The van der Waals surface area contributed by atoms with Gasteiger partial charge in [0, 0.05) is 17.0 Å². The molecule has 1 aliphatic rings. The second-order valence-corrected chi connectivity index (χ2v) is 8.41. The Hall–Kier alpha value is -3.77. The topological polar surface area (TPSA) is 49.2 Å². The standard InChI is InChI=1S/C26H19N3O2S/c1-2-10-21(11-3-1)29-25(19-13-14-23-24(15-19)31-17-30-23)27-28-26(29)32-16-20-9-6-8-18-7-4-5-12-22(18)20/h1-15H,16-17H2. The molecule has 1 aromatic heterocycles. The lowest BCUT2D eigenvalue weighted by Crippen LogP contribution is -1.99. The van der Waals surface area contributed by atoms with E-state index in [2.05, 4.69) is 69.4 Å². The highest BCUT2D eigenvalue weighted by atomic mass is 32.2. The Kier molecular flexibility index (Phi) is 4.77. The number of para-hydroxylation sites is 1. The molecule has 0 saturated heterocycles. The minimum absolute atomic E-state index is 0.246. The highest BCUT2D eigenvalue weighted by molar-refractivity contribution is 7.98. The van der Waals surface area contributed by atoms with Crippen molar-refractivity contribution in [1.82, 2.24) is 14.8 Å². The van der Waals surface area contributed by atoms with Crippen LogP contribution in [0.3, 0.4) is 0 Å². The van der Waals surface area contributed by atoms with E-state index in [-0.39, 0.29) is 6.79 Å². The van der Waals surface area contributed by atoms with Crippen LogP contribution < -0.4 is 9.47 Å². The molecule has 6 heteroatoms. The summed E-state index contributed by atoms with van der Waals surface area (Å²) in [6.45, 7) is 0.246. The minimum Gasteiger partial charge on any atom is -0.454 e. The van der Waals surface area contributed by atoms with Gasteiger partial charge in [0.2, 0.25) is 6.79 Å². The molecule has 1 aliphatic heterocycles. The third-order valence-electron chi connectivity index (χ3n) is 5.52. The first-order chi connectivity index (χ1) is 15.9. The van der Waals surface area contributed by atoms with Crippen LogP contribution in [0.5, 0.6) is 11.5 Å². The maximum atomic E-state index is 5.57. The molecule has 0 saturated carbocycles. The number of hydrogen-bond acceptors (Lipinski definition) is 5. The molecule has 5 aromatic rings. The van der Waals surface area contributed by atoms with E-state index in [1.165, 1.54) is 16.3 Å². The molecular formula is C26H19N3O2S. The van der Waals surface area contributed by atoms with Gasteiger partial charge in [-0.1, -0.05) is 72.4 Å². The quantitative estimate of drug-likeness (QED) is 0.311. The van der Waals surface area contributed by atoms with Crippen molar-refractivity contribution in [1.29, 1.82) is 0 Å². The van der Waals surface area contributed by atoms with E-state index >= 15 is 0 Å². The average molecular weight is 438 g/mol. The third kappa shape index (κ3) is 3.39. The van der Waals surface area contributed by atoms with Crippen LogP contribution in [0.2, 0.25) is 0 Å². The number of benzene rings is 4. The summed E-state index contributed by atoms with van der Waals surface area (Å²) in [7, 11) is 0. The van der Waals surface area contributed by atoms with E-state index < -0.39 is 0 Å². The summed E-state index contributed by atoms with van der Waals surface area (Å²) in [6.07, 6.45) is 0. The van der Waals surface area contributed by atoms with E-state index in [4.69, 9.17) is 9.47 Å². The fourth-order valence-corrected chi connectivity index (χ4v) is 4.91. The molecule has 0 N–H and O–H groups in total. The van der Waals surface area contributed by atoms with Crippen molar-refractivity contribution in [3.63, 3.8) is 0 Å². The second kappa shape index (κ2) is 8.05. The maximum absolute atomic E-state index is 5.57. The lowest BCUT2D eigenvalue weighted by atomic mass is 10.1. The van der Waals surface area contributed by atoms with Crippen molar-refractivity contribution < 1.29 is 9.47 Å². The molecule has 5 nitrogen and oxygen atoms in total. The van der Waals surface area contributed by atoms with Crippen molar-refractivity contribution in [3.8, 4) is 28.6 Å². The summed E-state index contributed by atoms with van der Waals surface area (Å²) >= 11 is 1.68. The molecular weight excluding hydrogens is 418 g/mol. The van der Waals surface area contributed by atoms with Gasteiger partial charge in [-0.05, 0) is 46.7 Å². The second-order valence-electron chi connectivity index (χ2n) is 7.47. The first-order valence-electron chi connectivity index (χ1n) is 10.4. The summed E-state index contributed by atoms with van der Waals surface area (Å²) in [5, 5.41) is 12.5. The molecule has 4 aromatic carbocycles. The number of hydrogen-bond donors (Lipinski definition) is 0. The highest BCUT2D eigenvalue weighted by Gasteiger charge is 2.20. The molecule has 0 fully saturated rings. The van der Waals surface area contributed by atoms with Crippen LogP contribution in [0.15, 0.2) is 96.2 Å². The van der Waals surface area contributed by atoms with Gasteiger partial charge in [-0.2, -0.15) is 0 Å². The number of nitrogens with zero attached hydrogens (tertiary/aromatic N) is 3. The van der Waals surface area contributed by atoms with Gasteiger partial charge in [0.15, 0.2) is 22.5 Å². The summed E-state index contributed by atoms with van der Waals surface area (Å²) in [4.78, 5) is 0. The molecule has 32 heavy (non-hydrogen) atoms. The van der Waals surface area contributed by atoms with Gasteiger partial charge in [-0.15, -0.1) is 10.2 Å². The van der Waals surface area contributed by atoms with Gasteiger partial charge in [-0.25, -0.2) is 0 Å². The first kappa shape index (κ1) is 19.0. The third-order valence-corrected chi connectivity index (χ3v) is 6.49. The molecule has 2 heterocycles. The Morgan fingerprint density at radius 2 is 1.59 bits per heavy atom. The number of fused-ring (bicyclic) bond motifs is 2. The molecule has 0 spiro atoms. The molecule has 0 unspecified atom stereocenters. The van der Waals surface area contributed by atoms with E-state index in [9.17, 15) is 0 Å². The summed E-state index contributed by atoms with van der Waals surface area (Å²) < 4.78 is 13.1. The van der Waals surface area contributed by atoms with Crippen LogP contribution in [0.25, 0.3) is 27.8 Å². The molecule has 0 bridgehead atoms. The molecule has 6 rings (SSSR count). The molecule has 0 atom stereocenters. The van der Waals surface area contributed by atoms with Crippen molar-refractivity contribution in [3.05, 3.63) is 96.6 Å². The number of ether oxygens (including phenoxy) is 2. The summed E-state index contributed by atoms with van der Waals surface area (Å²) in [5.74, 6) is 3.06. The van der Waals surface area contributed by atoms with Gasteiger partial charge in [-0.3, -0.25) is 4.57 Å².